The molecular formula is C19H30N2O3. The highest BCUT2D eigenvalue weighted by Crippen LogP contribution is 2.40. The molecule has 0 aromatic carbocycles. The van der Waals surface area contributed by atoms with E-state index in [-0.39, 0.29) is 15.8 Å². The molecule has 1 unspecified atom stereocenters. The molecule has 0 spiro atoms. The highest BCUT2D eigenvalue weighted by molar-refractivity contribution is 5.88. The van der Waals surface area contributed by atoms with E-state index in [1.807, 2.05) is 6.08 Å². The predicted molar refractivity (Wildman–Crippen MR) is 92.0 cm³/mol. The zero-order valence-corrected chi connectivity index (χ0v) is 15.4. The summed E-state index contributed by atoms with van der Waals surface area (Å²) >= 11 is 0. The molecule has 0 bridgehead atoms. The van der Waals surface area contributed by atoms with E-state index >= 15 is 0 Å². The first-order valence-electron chi connectivity index (χ1n) is 8.89. The van der Waals surface area contributed by atoms with Gasteiger partial charge in [-0.3, -0.25) is 9.28 Å². The number of allylic oxidation sites excluding steroid dienone is 3. The van der Waals surface area contributed by atoms with Gasteiger partial charge in [0.05, 0.1) is 20.1 Å². The van der Waals surface area contributed by atoms with Crippen LogP contribution in [0.4, 0.5) is 4.79 Å². The van der Waals surface area contributed by atoms with E-state index in [1.54, 1.807) is 18.0 Å². The Labute approximate surface area is 145 Å². The van der Waals surface area contributed by atoms with Crippen LogP contribution in [-0.4, -0.2) is 54.6 Å². The molecule has 2 aliphatic rings. The average molecular weight is 334 g/mol. The Hall–Kier alpha value is -1.62. The van der Waals surface area contributed by atoms with Crippen molar-refractivity contribution in [3.63, 3.8) is 0 Å². The molecule has 2 amide bonds. The molecule has 1 saturated heterocycles. The standard InChI is InChI=1S/C19H30N2O3/c1-15-7-5-10-19(2,3)16(15)8-9-17(22)20-11-6-13-21(4,14-12-20)18(23)24/h8-9H,5-7,10-14H2,1-4H3. The molecule has 1 fully saturated rings. The highest BCUT2D eigenvalue weighted by atomic mass is 16.4. The molecule has 5 heteroatoms. The summed E-state index contributed by atoms with van der Waals surface area (Å²) in [5.74, 6) is -0.0246. The van der Waals surface area contributed by atoms with E-state index < -0.39 is 6.09 Å². The maximum atomic E-state index is 12.5. The van der Waals surface area contributed by atoms with E-state index in [2.05, 4.69) is 20.8 Å². The number of amides is 2. The van der Waals surface area contributed by atoms with Crippen LogP contribution in [0.3, 0.4) is 0 Å². The molecule has 2 rings (SSSR count). The van der Waals surface area contributed by atoms with Crippen LogP contribution >= 0.6 is 0 Å². The minimum Gasteiger partial charge on any atom is -0.498 e. The van der Waals surface area contributed by atoms with Gasteiger partial charge in [0.2, 0.25) is 5.91 Å². The van der Waals surface area contributed by atoms with Crippen molar-refractivity contribution in [1.82, 2.24) is 4.90 Å². The molecule has 1 heterocycles. The van der Waals surface area contributed by atoms with Gasteiger partial charge in [-0.15, -0.1) is 0 Å². The zero-order valence-electron chi connectivity index (χ0n) is 15.4. The third-order valence-corrected chi connectivity index (χ3v) is 5.63. The smallest absolute Gasteiger partial charge is 0.257 e. The number of rotatable bonds is 2. The third kappa shape index (κ3) is 4.07. The van der Waals surface area contributed by atoms with Gasteiger partial charge in [-0.05, 0) is 37.2 Å². The lowest BCUT2D eigenvalue weighted by Gasteiger charge is -2.33. The summed E-state index contributed by atoms with van der Waals surface area (Å²) in [6.07, 6.45) is 6.71. The lowest BCUT2D eigenvalue weighted by molar-refractivity contribution is -0.855. The molecule has 0 N–H and O–H groups in total. The molecule has 1 aliphatic carbocycles. The van der Waals surface area contributed by atoms with Gasteiger partial charge < -0.3 is 14.8 Å². The number of carboxylic acid groups (broad SMARTS) is 1. The third-order valence-electron chi connectivity index (χ3n) is 5.63. The van der Waals surface area contributed by atoms with Crippen LogP contribution in [0.5, 0.6) is 0 Å². The van der Waals surface area contributed by atoms with Gasteiger partial charge in [0.15, 0.2) is 0 Å². The zero-order chi connectivity index (χ0) is 18.0. The highest BCUT2D eigenvalue weighted by Gasteiger charge is 2.30. The number of likely N-dealkylation sites (N-methyl/N-ethyl adjacent to an activating group) is 1. The van der Waals surface area contributed by atoms with Crippen LogP contribution in [0, 0.1) is 5.41 Å². The maximum Gasteiger partial charge on any atom is 0.257 e. The fraction of sp³-hybridized carbons (Fsp3) is 0.684. The molecule has 0 radical (unpaired) electrons. The first-order valence-corrected chi connectivity index (χ1v) is 8.89. The van der Waals surface area contributed by atoms with Crippen molar-refractivity contribution in [2.45, 2.75) is 46.5 Å². The molecule has 134 valence electrons. The quantitative estimate of drug-likeness (QED) is 0.574. The van der Waals surface area contributed by atoms with Crippen LogP contribution < -0.4 is 5.11 Å². The van der Waals surface area contributed by atoms with E-state index in [0.29, 0.717) is 32.6 Å². The Morgan fingerprint density at radius 3 is 2.54 bits per heavy atom. The van der Waals surface area contributed by atoms with Crippen LogP contribution in [0.25, 0.3) is 0 Å². The number of quaternary nitrogens is 1. The predicted octanol–water partition coefficient (Wildman–Crippen LogP) is 2.09. The van der Waals surface area contributed by atoms with Crippen molar-refractivity contribution in [3.8, 4) is 0 Å². The summed E-state index contributed by atoms with van der Waals surface area (Å²) in [5.41, 5.74) is 2.75. The summed E-state index contributed by atoms with van der Waals surface area (Å²) in [6, 6.07) is 0. The van der Waals surface area contributed by atoms with Gasteiger partial charge in [0.25, 0.3) is 6.09 Å². The largest absolute Gasteiger partial charge is 0.498 e. The van der Waals surface area contributed by atoms with Gasteiger partial charge in [0.1, 0.15) is 6.54 Å². The van der Waals surface area contributed by atoms with Gasteiger partial charge in [0, 0.05) is 19.0 Å². The van der Waals surface area contributed by atoms with Crippen LogP contribution in [0.15, 0.2) is 23.3 Å². The van der Waals surface area contributed by atoms with Crippen molar-refractivity contribution in [1.29, 1.82) is 0 Å². The van der Waals surface area contributed by atoms with Crippen molar-refractivity contribution in [2.75, 3.05) is 33.2 Å². The van der Waals surface area contributed by atoms with Crippen molar-refractivity contribution < 1.29 is 19.2 Å². The second kappa shape index (κ2) is 7.09. The Morgan fingerprint density at radius 1 is 1.21 bits per heavy atom. The van der Waals surface area contributed by atoms with Crippen molar-refractivity contribution in [2.24, 2.45) is 5.41 Å². The molecule has 0 aromatic rings. The Bertz CT molecular complexity index is 577. The first kappa shape index (κ1) is 18.7. The van der Waals surface area contributed by atoms with E-state index in [1.165, 1.54) is 17.6 Å². The molecule has 5 nitrogen and oxygen atoms in total. The molecule has 1 atom stereocenters. The fourth-order valence-electron chi connectivity index (χ4n) is 3.85. The minimum absolute atomic E-state index is 0.0246. The summed E-state index contributed by atoms with van der Waals surface area (Å²) in [6.45, 7) is 8.58. The Kier molecular flexibility index (Phi) is 5.53. The van der Waals surface area contributed by atoms with E-state index in [0.717, 1.165) is 12.8 Å². The maximum absolute atomic E-state index is 12.5. The van der Waals surface area contributed by atoms with Gasteiger partial charge >= 0.3 is 0 Å². The molecule has 0 aromatic heterocycles. The van der Waals surface area contributed by atoms with Crippen LogP contribution in [0.1, 0.15) is 46.5 Å². The van der Waals surface area contributed by atoms with Gasteiger partial charge in [-0.1, -0.05) is 25.5 Å². The average Bonchev–Trinajstić information content (AvgIpc) is 2.69. The molecule has 1 aliphatic heterocycles. The summed E-state index contributed by atoms with van der Waals surface area (Å²) in [7, 11) is 1.66. The number of hydrogen-bond acceptors (Lipinski definition) is 3. The van der Waals surface area contributed by atoms with Crippen molar-refractivity contribution in [3.05, 3.63) is 23.3 Å². The summed E-state index contributed by atoms with van der Waals surface area (Å²) in [4.78, 5) is 25.6. The SMILES string of the molecule is CC1=C(C=CC(=O)N2CCC[N+](C)(C(=O)[O-])CC2)C(C)(C)CCC1. The summed E-state index contributed by atoms with van der Waals surface area (Å²) < 4.78 is -0.120. The lowest BCUT2D eigenvalue weighted by Crippen LogP contribution is -2.57. The number of carbonyl (C=O) groups excluding carboxylic acids is 2. The topological polar surface area (TPSA) is 60.4 Å². The first-order chi connectivity index (χ1) is 11.2. The second-order valence-corrected chi connectivity index (χ2v) is 8.05. The monoisotopic (exact) mass is 334 g/mol. The van der Waals surface area contributed by atoms with Crippen molar-refractivity contribution >= 4 is 12.0 Å². The minimum atomic E-state index is -1.07. The second-order valence-electron chi connectivity index (χ2n) is 8.05. The molecule has 24 heavy (non-hydrogen) atoms. The van der Waals surface area contributed by atoms with E-state index in [4.69, 9.17) is 0 Å². The lowest BCUT2D eigenvalue weighted by atomic mass is 9.72. The van der Waals surface area contributed by atoms with Gasteiger partial charge in [-0.2, -0.15) is 0 Å². The molecular weight excluding hydrogens is 304 g/mol. The summed E-state index contributed by atoms with van der Waals surface area (Å²) in [5, 5.41) is 11.3. The van der Waals surface area contributed by atoms with Crippen LogP contribution in [0.2, 0.25) is 0 Å². The Balaban J connectivity index is 2.06. The van der Waals surface area contributed by atoms with E-state index in [9.17, 15) is 14.7 Å². The number of hydrogen-bond donors (Lipinski definition) is 0. The number of carbonyl (C=O) groups is 2. The fourth-order valence-corrected chi connectivity index (χ4v) is 3.85. The van der Waals surface area contributed by atoms with Crippen LogP contribution in [-0.2, 0) is 4.79 Å². The Morgan fingerprint density at radius 2 is 1.92 bits per heavy atom. The normalized spacial score (nSPS) is 28.1. The number of nitrogens with zero attached hydrogens (tertiary/aromatic N) is 2. The molecule has 0 saturated carbocycles. The van der Waals surface area contributed by atoms with Gasteiger partial charge in [-0.25, -0.2) is 0 Å².